The first-order valence-electron chi connectivity index (χ1n) is 7.59. The Morgan fingerprint density at radius 1 is 1.16 bits per heavy atom. The number of fused-ring (bicyclic) bond motifs is 1. The summed E-state index contributed by atoms with van der Waals surface area (Å²) in [7, 11) is 0. The van der Waals surface area contributed by atoms with E-state index in [0.717, 1.165) is 16.6 Å². The summed E-state index contributed by atoms with van der Waals surface area (Å²) in [6, 6.07) is 14.5. The molecule has 0 aliphatic carbocycles. The fraction of sp³-hybridized carbons (Fsp3) is 0.118. The standard InChI is InChI=1S/C17H16N6O2/c1-12(24)19-14-8-6-13(7-9-14)10-18-21-17(25)11-23-16-5-3-2-4-15(16)20-22-23/h2-10H,11H2,1H3,(H,19,24)(H,21,25)/b18-10-. The molecule has 8 nitrogen and oxygen atoms in total. The van der Waals surface area contributed by atoms with Gasteiger partial charge < -0.3 is 5.32 Å². The molecule has 0 spiro atoms. The highest BCUT2D eigenvalue weighted by molar-refractivity contribution is 5.89. The molecule has 0 aliphatic rings. The van der Waals surface area contributed by atoms with E-state index in [9.17, 15) is 9.59 Å². The molecule has 0 radical (unpaired) electrons. The van der Waals surface area contributed by atoms with Crippen molar-refractivity contribution in [1.82, 2.24) is 20.4 Å². The summed E-state index contributed by atoms with van der Waals surface area (Å²) >= 11 is 0. The highest BCUT2D eigenvalue weighted by Crippen LogP contribution is 2.09. The smallest absolute Gasteiger partial charge is 0.261 e. The molecular formula is C17H16N6O2. The number of benzene rings is 2. The molecular weight excluding hydrogens is 320 g/mol. The summed E-state index contributed by atoms with van der Waals surface area (Å²) in [4.78, 5) is 22.9. The molecule has 2 aromatic carbocycles. The first-order valence-corrected chi connectivity index (χ1v) is 7.59. The lowest BCUT2D eigenvalue weighted by Crippen LogP contribution is -2.23. The number of nitrogens with one attached hydrogen (secondary N) is 2. The van der Waals surface area contributed by atoms with Crippen LogP contribution in [0.5, 0.6) is 0 Å². The van der Waals surface area contributed by atoms with E-state index in [1.165, 1.54) is 17.8 Å². The number of hydrogen-bond acceptors (Lipinski definition) is 5. The van der Waals surface area contributed by atoms with Gasteiger partial charge in [-0.3, -0.25) is 9.59 Å². The Balaban J connectivity index is 1.56. The monoisotopic (exact) mass is 336 g/mol. The minimum absolute atomic E-state index is 0.0271. The third-order valence-corrected chi connectivity index (χ3v) is 3.35. The lowest BCUT2D eigenvalue weighted by molar-refractivity contribution is -0.121. The second-order valence-corrected chi connectivity index (χ2v) is 5.33. The Morgan fingerprint density at radius 2 is 1.92 bits per heavy atom. The molecule has 25 heavy (non-hydrogen) atoms. The van der Waals surface area contributed by atoms with E-state index in [4.69, 9.17) is 0 Å². The van der Waals surface area contributed by atoms with Crippen molar-refractivity contribution in [2.45, 2.75) is 13.5 Å². The van der Waals surface area contributed by atoms with Gasteiger partial charge in [0.15, 0.2) is 0 Å². The van der Waals surface area contributed by atoms with E-state index in [0.29, 0.717) is 5.69 Å². The van der Waals surface area contributed by atoms with E-state index in [-0.39, 0.29) is 18.4 Å². The molecule has 8 heteroatoms. The summed E-state index contributed by atoms with van der Waals surface area (Å²) < 4.78 is 1.52. The van der Waals surface area contributed by atoms with Crippen LogP contribution in [-0.4, -0.2) is 33.0 Å². The van der Waals surface area contributed by atoms with Crippen molar-refractivity contribution in [1.29, 1.82) is 0 Å². The van der Waals surface area contributed by atoms with Gasteiger partial charge in [-0.05, 0) is 29.8 Å². The van der Waals surface area contributed by atoms with Crippen LogP contribution in [0, 0.1) is 0 Å². The van der Waals surface area contributed by atoms with Gasteiger partial charge in [-0.1, -0.05) is 29.5 Å². The number of rotatable bonds is 5. The van der Waals surface area contributed by atoms with Crippen molar-refractivity contribution < 1.29 is 9.59 Å². The van der Waals surface area contributed by atoms with Gasteiger partial charge in [0.2, 0.25) is 5.91 Å². The lowest BCUT2D eigenvalue weighted by atomic mass is 10.2. The normalized spacial score (nSPS) is 10.9. The SMILES string of the molecule is CC(=O)Nc1ccc(/C=N\NC(=O)Cn2nnc3ccccc32)cc1. The predicted octanol–water partition coefficient (Wildman–Crippen LogP) is 1.54. The summed E-state index contributed by atoms with van der Waals surface area (Å²) in [5.41, 5.74) is 5.47. The number of carbonyl (C=O) groups excluding carboxylic acids is 2. The number of hydrazone groups is 1. The van der Waals surface area contributed by atoms with Gasteiger partial charge in [-0.2, -0.15) is 5.10 Å². The second-order valence-electron chi connectivity index (χ2n) is 5.33. The van der Waals surface area contributed by atoms with Crippen molar-refractivity contribution in [2.75, 3.05) is 5.32 Å². The molecule has 2 amide bonds. The van der Waals surface area contributed by atoms with Crippen molar-refractivity contribution >= 4 is 34.7 Å². The molecule has 0 saturated heterocycles. The van der Waals surface area contributed by atoms with Crippen LogP contribution in [-0.2, 0) is 16.1 Å². The highest BCUT2D eigenvalue weighted by atomic mass is 16.2. The van der Waals surface area contributed by atoms with Crippen LogP contribution in [0.2, 0.25) is 0 Å². The van der Waals surface area contributed by atoms with Crippen LogP contribution in [0.3, 0.4) is 0 Å². The molecule has 1 aromatic heterocycles. The molecule has 0 unspecified atom stereocenters. The van der Waals surface area contributed by atoms with E-state index in [2.05, 4.69) is 26.2 Å². The van der Waals surface area contributed by atoms with Gasteiger partial charge in [-0.15, -0.1) is 5.10 Å². The van der Waals surface area contributed by atoms with Gasteiger partial charge in [0.1, 0.15) is 12.1 Å². The van der Waals surface area contributed by atoms with Crippen molar-refractivity contribution in [3.63, 3.8) is 0 Å². The molecule has 1 heterocycles. The maximum atomic E-state index is 12.0. The number of nitrogens with zero attached hydrogens (tertiary/aromatic N) is 4. The maximum Gasteiger partial charge on any atom is 0.261 e. The molecule has 0 aliphatic heterocycles. The minimum Gasteiger partial charge on any atom is -0.326 e. The van der Waals surface area contributed by atoms with Crippen molar-refractivity contribution in [3.05, 3.63) is 54.1 Å². The van der Waals surface area contributed by atoms with Gasteiger partial charge in [-0.25, -0.2) is 10.1 Å². The highest BCUT2D eigenvalue weighted by Gasteiger charge is 2.07. The molecule has 3 aromatic rings. The maximum absolute atomic E-state index is 12.0. The Morgan fingerprint density at radius 3 is 2.68 bits per heavy atom. The molecule has 126 valence electrons. The zero-order chi connectivity index (χ0) is 17.6. The first kappa shape index (κ1) is 16.3. The van der Waals surface area contributed by atoms with Crippen LogP contribution < -0.4 is 10.7 Å². The number of anilines is 1. The number of aromatic nitrogens is 3. The zero-order valence-electron chi connectivity index (χ0n) is 13.5. The fourth-order valence-electron chi connectivity index (χ4n) is 2.24. The van der Waals surface area contributed by atoms with Gasteiger partial charge in [0.05, 0.1) is 11.7 Å². The quantitative estimate of drug-likeness (QED) is 0.545. The van der Waals surface area contributed by atoms with Crippen LogP contribution in [0.1, 0.15) is 12.5 Å². The summed E-state index contributed by atoms with van der Waals surface area (Å²) in [6.45, 7) is 1.47. The van der Waals surface area contributed by atoms with Crippen LogP contribution in [0.15, 0.2) is 53.6 Å². The Hall–Kier alpha value is -3.55. The summed E-state index contributed by atoms with van der Waals surface area (Å²) in [5.74, 6) is -0.434. The Labute approximate surface area is 143 Å². The zero-order valence-corrected chi connectivity index (χ0v) is 13.5. The number of hydrogen-bond donors (Lipinski definition) is 2. The number of para-hydroxylation sites is 1. The van der Waals surface area contributed by atoms with E-state index in [1.54, 1.807) is 24.3 Å². The average molecular weight is 336 g/mol. The number of amides is 2. The van der Waals surface area contributed by atoms with Gasteiger partial charge in [0.25, 0.3) is 5.91 Å². The first-order chi connectivity index (χ1) is 12.1. The largest absolute Gasteiger partial charge is 0.326 e. The topological polar surface area (TPSA) is 101 Å². The van der Waals surface area contributed by atoms with E-state index >= 15 is 0 Å². The summed E-state index contributed by atoms with van der Waals surface area (Å²) in [5, 5.41) is 14.5. The van der Waals surface area contributed by atoms with Crippen LogP contribution in [0.4, 0.5) is 5.69 Å². The van der Waals surface area contributed by atoms with E-state index in [1.807, 2.05) is 24.3 Å². The van der Waals surface area contributed by atoms with Crippen molar-refractivity contribution in [2.24, 2.45) is 5.10 Å². The molecule has 0 saturated carbocycles. The lowest BCUT2D eigenvalue weighted by Gasteiger charge is -2.02. The predicted molar refractivity (Wildman–Crippen MR) is 94.0 cm³/mol. The van der Waals surface area contributed by atoms with Gasteiger partial charge in [0, 0.05) is 12.6 Å². The second kappa shape index (κ2) is 7.35. The molecule has 0 atom stereocenters. The molecule has 0 fully saturated rings. The molecule has 0 bridgehead atoms. The Bertz CT molecular complexity index is 930. The molecule has 3 rings (SSSR count). The summed E-state index contributed by atoms with van der Waals surface area (Å²) in [6.07, 6.45) is 1.52. The van der Waals surface area contributed by atoms with Crippen LogP contribution >= 0.6 is 0 Å². The van der Waals surface area contributed by atoms with Crippen LogP contribution in [0.25, 0.3) is 11.0 Å². The third-order valence-electron chi connectivity index (χ3n) is 3.35. The third kappa shape index (κ3) is 4.25. The van der Waals surface area contributed by atoms with E-state index < -0.39 is 0 Å². The Kier molecular flexibility index (Phi) is 4.79. The molecule has 2 N–H and O–H groups in total. The van der Waals surface area contributed by atoms with Crippen molar-refractivity contribution in [3.8, 4) is 0 Å². The average Bonchev–Trinajstić information content (AvgIpc) is 2.99. The fourth-order valence-corrected chi connectivity index (χ4v) is 2.24. The minimum atomic E-state index is -0.304. The van der Waals surface area contributed by atoms with Gasteiger partial charge >= 0.3 is 0 Å². The number of carbonyl (C=O) groups is 2.